The van der Waals surface area contributed by atoms with Crippen molar-refractivity contribution in [3.8, 4) is 0 Å². The van der Waals surface area contributed by atoms with Crippen molar-refractivity contribution in [2.24, 2.45) is 5.92 Å². The molecule has 1 aliphatic heterocycles. The zero-order valence-corrected chi connectivity index (χ0v) is 14.8. The molecule has 1 atom stereocenters. The zero-order valence-electron chi connectivity index (χ0n) is 14.8. The highest BCUT2D eigenvalue weighted by atomic mass is 16.2. The fraction of sp³-hybridized carbons (Fsp3) is 0.500. The summed E-state index contributed by atoms with van der Waals surface area (Å²) in [7, 11) is 1.83. The lowest BCUT2D eigenvalue weighted by molar-refractivity contribution is 0.0753. The molecule has 1 fully saturated rings. The van der Waals surface area contributed by atoms with Gasteiger partial charge in [0.15, 0.2) is 0 Å². The highest BCUT2D eigenvalue weighted by Crippen LogP contribution is 2.22. The van der Waals surface area contributed by atoms with Crippen LogP contribution in [0.1, 0.15) is 41.3 Å². The summed E-state index contributed by atoms with van der Waals surface area (Å²) in [6, 6.07) is 1.69. The average molecular weight is 340 g/mol. The second-order valence-electron chi connectivity index (χ2n) is 6.43. The lowest BCUT2D eigenvalue weighted by Gasteiger charge is -2.20. The van der Waals surface area contributed by atoms with Crippen LogP contribution in [0.3, 0.4) is 0 Å². The van der Waals surface area contributed by atoms with E-state index in [4.69, 9.17) is 0 Å². The monoisotopic (exact) mass is 340 g/mol. The largest absolute Gasteiger partial charge is 0.372 e. The van der Waals surface area contributed by atoms with E-state index in [0.29, 0.717) is 17.4 Å². The maximum absolute atomic E-state index is 12.6. The number of aromatic nitrogens is 4. The third-order valence-electron chi connectivity index (χ3n) is 4.59. The minimum Gasteiger partial charge on any atom is -0.372 e. The van der Waals surface area contributed by atoms with Crippen molar-refractivity contribution < 1.29 is 4.79 Å². The molecule has 132 valence electrons. The highest BCUT2D eigenvalue weighted by Gasteiger charge is 2.23. The minimum absolute atomic E-state index is 0.00400. The van der Waals surface area contributed by atoms with Crippen molar-refractivity contribution in [2.45, 2.75) is 32.6 Å². The number of nitrogens with one attached hydrogen (secondary N) is 1. The summed E-state index contributed by atoms with van der Waals surface area (Å²) in [5, 5.41) is 2.98. The molecule has 0 radical (unpaired) electrons. The third kappa shape index (κ3) is 4.49. The fourth-order valence-corrected chi connectivity index (χ4v) is 3.19. The number of amides is 1. The number of anilines is 1. The standard InChI is InChI=1S/C18H24N6O/c1-13-20-7-5-16(23-13)18(25)24-8-3-4-14(6-9-24)10-15-11-22-17(19-2)12-21-15/h5,7,11-12,14H,3-4,6,8-10H2,1-2H3,(H,19,22). The third-order valence-corrected chi connectivity index (χ3v) is 4.59. The number of hydrogen-bond donors (Lipinski definition) is 1. The summed E-state index contributed by atoms with van der Waals surface area (Å²) in [4.78, 5) is 31.7. The van der Waals surface area contributed by atoms with Crippen LogP contribution in [0.4, 0.5) is 5.82 Å². The van der Waals surface area contributed by atoms with Gasteiger partial charge in [0.2, 0.25) is 0 Å². The molecule has 1 amide bonds. The van der Waals surface area contributed by atoms with Gasteiger partial charge in [0.1, 0.15) is 17.3 Å². The molecule has 25 heavy (non-hydrogen) atoms. The SMILES string of the molecule is CNc1cnc(CC2CCCN(C(=O)c3ccnc(C)n3)CC2)cn1. The molecule has 3 rings (SSSR count). The molecule has 0 saturated carbocycles. The van der Waals surface area contributed by atoms with Crippen molar-refractivity contribution in [2.75, 3.05) is 25.5 Å². The molecule has 3 heterocycles. The first-order valence-electron chi connectivity index (χ1n) is 8.73. The lowest BCUT2D eigenvalue weighted by Crippen LogP contribution is -2.32. The Morgan fingerprint density at radius 2 is 2.12 bits per heavy atom. The zero-order chi connectivity index (χ0) is 17.6. The Bertz CT molecular complexity index is 718. The van der Waals surface area contributed by atoms with E-state index in [1.807, 2.05) is 18.1 Å². The van der Waals surface area contributed by atoms with E-state index in [0.717, 1.165) is 50.3 Å². The normalized spacial score (nSPS) is 17.8. The molecule has 0 aliphatic carbocycles. The van der Waals surface area contributed by atoms with E-state index in [2.05, 4.69) is 25.3 Å². The first-order chi connectivity index (χ1) is 12.2. The minimum atomic E-state index is 0.00400. The Balaban J connectivity index is 1.59. The molecule has 2 aromatic rings. The van der Waals surface area contributed by atoms with Crippen LogP contribution in [-0.4, -0.2) is 50.9 Å². The number of likely N-dealkylation sites (tertiary alicyclic amines) is 1. The van der Waals surface area contributed by atoms with Crippen molar-refractivity contribution in [1.82, 2.24) is 24.8 Å². The van der Waals surface area contributed by atoms with Crippen LogP contribution in [0.15, 0.2) is 24.7 Å². The Hall–Kier alpha value is -2.57. The number of rotatable bonds is 4. The molecule has 0 bridgehead atoms. The van der Waals surface area contributed by atoms with Gasteiger partial charge in [0.05, 0.1) is 18.1 Å². The van der Waals surface area contributed by atoms with E-state index < -0.39 is 0 Å². The predicted molar refractivity (Wildman–Crippen MR) is 95.3 cm³/mol. The van der Waals surface area contributed by atoms with Crippen LogP contribution < -0.4 is 5.32 Å². The summed E-state index contributed by atoms with van der Waals surface area (Å²) >= 11 is 0. The fourth-order valence-electron chi connectivity index (χ4n) is 3.19. The number of carbonyl (C=O) groups is 1. The number of nitrogens with zero attached hydrogens (tertiary/aromatic N) is 5. The van der Waals surface area contributed by atoms with E-state index in [1.165, 1.54) is 0 Å². The molecule has 7 heteroatoms. The summed E-state index contributed by atoms with van der Waals surface area (Å²) in [6.07, 6.45) is 9.23. The highest BCUT2D eigenvalue weighted by molar-refractivity contribution is 5.92. The molecule has 2 aromatic heterocycles. The molecule has 0 aromatic carbocycles. The smallest absolute Gasteiger partial charge is 0.272 e. The Morgan fingerprint density at radius 1 is 1.24 bits per heavy atom. The Kier molecular flexibility index (Phi) is 5.53. The van der Waals surface area contributed by atoms with Gasteiger partial charge >= 0.3 is 0 Å². The Labute approximate surface area is 147 Å². The van der Waals surface area contributed by atoms with Crippen molar-refractivity contribution in [3.63, 3.8) is 0 Å². The van der Waals surface area contributed by atoms with Gasteiger partial charge in [-0.25, -0.2) is 15.0 Å². The molecule has 1 aliphatic rings. The van der Waals surface area contributed by atoms with Gasteiger partial charge in [-0.15, -0.1) is 0 Å². The van der Waals surface area contributed by atoms with Crippen molar-refractivity contribution >= 4 is 11.7 Å². The van der Waals surface area contributed by atoms with Crippen LogP contribution in [0.2, 0.25) is 0 Å². The van der Waals surface area contributed by atoms with Gasteiger partial charge in [0, 0.05) is 26.3 Å². The van der Waals surface area contributed by atoms with Crippen LogP contribution in [0.5, 0.6) is 0 Å². The molecule has 1 saturated heterocycles. The first-order valence-corrected chi connectivity index (χ1v) is 8.73. The number of hydrogen-bond acceptors (Lipinski definition) is 6. The van der Waals surface area contributed by atoms with Crippen molar-refractivity contribution in [3.05, 3.63) is 41.9 Å². The predicted octanol–water partition coefficient (Wildman–Crippen LogP) is 2.10. The quantitative estimate of drug-likeness (QED) is 0.917. The van der Waals surface area contributed by atoms with Crippen LogP contribution >= 0.6 is 0 Å². The summed E-state index contributed by atoms with van der Waals surface area (Å²) < 4.78 is 0. The van der Waals surface area contributed by atoms with E-state index in [9.17, 15) is 4.79 Å². The van der Waals surface area contributed by atoms with E-state index in [-0.39, 0.29) is 5.91 Å². The van der Waals surface area contributed by atoms with Gasteiger partial charge in [-0.1, -0.05) is 0 Å². The van der Waals surface area contributed by atoms with Crippen LogP contribution in [-0.2, 0) is 6.42 Å². The van der Waals surface area contributed by atoms with Crippen LogP contribution in [0.25, 0.3) is 0 Å². The average Bonchev–Trinajstić information content (AvgIpc) is 2.87. The maximum Gasteiger partial charge on any atom is 0.272 e. The molecular formula is C18H24N6O. The molecular weight excluding hydrogens is 316 g/mol. The van der Waals surface area contributed by atoms with Gasteiger partial charge in [0.25, 0.3) is 5.91 Å². The van der Waals surface area contributed by atoms with Gasteiger partial charge in [-0.2, -0.15) is 0 Å². The molecule has 1 unspecified atom stereocenters. The molecule has 7 nitrogen and oxygen atoms in total. The summed E-state index contributed by atoms with van der Waals surface area (Å²) in [5.41, 5.74) is 1.50. The second-order valence-corrected chi connectivity index (χ2v) is 6.43. The number of carbonyl (C=O) groups excluding carboxylic acids is 1. The topological polar surface area (TPSA) is 83.9 Å². The van der Waals surface area contributed by atoms with E-state index in [1.54, 1.807) is 25.4 Å². The van der Waals surface area contributed by atoms with Gasteiger partial charge < -0.3 is 10.2 Å². The van der Waals surface area contributed by atoms with Crippen molar-refractivity contribution in [1.29, 1.82) is 0 Å². The first kappa shape index (κ1) is 17.3. The van der Waals surface area contributed by atoms with Gasteiger partial charge in [-0.3, -0.25) is 9.78 Å². The lowest BCUT2D eigenvalue weighted by atomic mass is 9.95. The summed E-state index contributed by atoms with van der Waals surface area (Å²) in [6.45, 7) is 3.34. The maximum atomic E-state index is 12.6. The molecule has 1 N–H and O–H groups in total. The van der Waals surface area contributed by atoms with Crippen LogP contribution in [0, 0.1) is 12.8 Å². The number of aryl methyl sites for hydroxylation is 1. The second kappa shape index (κ2) is 8.00. The summed E-state index contributed by atoms with van der Waals surface area (Å²) in [5.74, 6) is 1.94. The van der Waals surface area contributed by atoms with Gasteiger partial charge in [-0.05, 0) is 44.6 Å². The van der Waals surface area contributed by atoms with E-state index >= 15 is 0 Å². The Morgan fingerprint density at radius 3 is 2.84 bits per heavy atom. The molecule has 0 spiro atoms.